The largest absolute Gasteiger partial charge is 0.459 e. The highest BCUT2D eigenvalue weighted by Gasteiger charge is 2.36. The van der Waals surface area contributed by atoms with E-state index in [1.165, 1.54) is 11.2 Å². The summed E-state index contributed by atoms with van der Waals surface area (Å²) >= 11 is 5.88. The minimum Gasteiger partial charge on any atom is -0.459 e. The van der Waals surface area contributed by atoms with Crippen molar-refractivity contribution in [3.05, 3.63) is 82.4 Å². The van der Waals surface area contributed by atoms with Gasteiger partial charge in [0, 0.05) is 32.3 Å². The molecular formula is C23H20ClF3N4O3. The zero-order chi connectivity index (χ0) is 24.3. The Morgan fingerprint density at radius 2 is 1.91 bits per heavy atom. The molecule has 0 radical (unpaired) electrons. The van der Waals surface area contributed by atoms with Crippen LogP contribution in [0.15, 0.2) is 59.3 Å². The third-order valence-electron chi connectivity index (χ3n) is 5.43. The molecule has 1 atom stereocenters. The minimum atomic E-state index is -4.54. The Bertz CT molecular complexity index is 1180. The van der Waals surface area contributed by atoms with Crippen molar-refractivity contribution in [1.29, 1.82) is 0 Å². The Morgan fingerprint density at radius 1 is 1.15 bits per heavy atom. The smallest absolute Gasteiger partial charge is 0.417 e. The van der Waals surface area contributed by atoms with Crippen LogP contribution in [0.4, 0.5) is 19.0 Å². The van der Waals surface area contributed by atoms with Gasteiger partial charge in [-0.3, -0.25) is 9.59 Å². The van der Waals surface area contributed by atoms with Crippen LogP contribution in [0.5, 0.6) is 0 Å². The standard InChI is InChI=1S/C23H20ClF3N4O3/c24-17-11-16(23(25,26)27)12-30-20(17)28-7-8-29-21(32)18-10-14-4-1-2-5-15(14)13-31(18)22(33)19-6-3-9-34-19/h1-6,9,11-12,18H,7-8,10,13H2,(H,28,30)(H,29,32). The number of aromatic nitrogens is 1. The highest BCUT2D eigenvalue weighted by atomic mass is 35.5. The van der Waals surface area contributed by atoms with E-state index < -0.39 is 23.7 Å². The lowest BCUT2D eigenvalue weighted by Gasteiger charge is -2.35. The SMILES string of the molecule is O=C(NCCNc1ncc(C(F)(F)F)cc1Cl)C1Cc2ccccc2CN1C(=O)c1ccco1. The van der Waals surface area contributed by atoms with Crippen molar-refractivity contribution in [1.82, 2.24) is 15.2 Å². The number of amides is 2. The second-order valence-electron chi connectivity index (χ2n) is 7.67. The lowest BCUT2D eigenvalue weighted by Crippen LogP contribution is -2.53. The lowest BCUT2D eigenvalue weighted by atomic mass is 9.93. The van der Waals surface area contributed by atoms with Crippen molar-refractivity contribution in [2.75, 3.05) is 18.4 Å². The number of halogens is 4. The number of benzene rings is 1. The van der Waals surface area contributed by atoms with Gasteiger partial charge in [-0.05, 0) is 29.3 Å². The van der Waals surface area contributed by atoms with E-state index in [4.69, 9.17) is 16.0 Å². The average Bonchev–Trinajstić information content (AvgIpc) is 3.35. The Morgan fingerprint density at radius 3 is 2.59 bits per heavy atom. The Hall–Kier alpha value is -3.53. The van der Waals surface area contributed by atoms with Gasteiger partial charge in [0.2, 0.25) is 5.91 Å². The third kappa shape index (κ3) is 5.17. The normalized spacial score (nSPS) is 15.5. The van der Waals surface area contributed by atoms with Gasteiger partial charge in [0.25, 0.3) is 5.91 Å². The summed E-state index contributed by atoms with van der Waals surface area (Å²) in [7, 11) is 0. The molecular weight excluding hydrogens is 473 g/mol. The van der Waals surface area contributed by atoms with Gasteiger partial charge < -0.3 is 20.0 Å². The maximum absolute atomic E-state index is 13.0. The lowest BCUT2D eigenvalue weighted by molar-refractivity contribution is -0.137. The van der Waals surface area contributed by atoms with E-state index in [1.54, 1.807) is 12.1 Å². The van der Waals surface area contributed by atoms with E-state index in [0.29, 0.717) is 12.6 Å². The number of pyridine rings is 1. The first-order chi connectivity index (χ1) is 16.2. The van der Waals surface area contributed by atoms with Crippen LogP contribution in [0, 0.1) is 0 Å². The summed E-state index contributed by atoms with van der Waals surface area (Å²) in [6.45, 7) is 0.565. The Kier molecular flexibility index (Phi) is 6.78. The van der Waals surface area contributed by atoms with Gasteiger partial charge in [-0.15, -0.1) is 0 Å². The summed E-state index contributed by atoms with van der Waals surface area (Å²) in [4.78, 5) is 31.1. The van der Waals surface area contributed by atoms with E-state index in [9.17, 15) is 22.8 Å². The molecule has 7 nitrogen and oxygen atoms in total. The van der Waals surface area contributed by atoms with Crippen LogP contribution in [0.25, 0.3) is 0 Å². The van der Waals surface area contributed by atoms with E-state index in [2.05, 4.69) is 15.6 Å². The number of alkyl halides is 3. The van der Waals surface area contributed by atoms with Crippen molar-refractivity contribution in [2.45, 2.75) is 25.2 Å². The van der Waals surface area contributed by atoms with Crippen molar-refractivity contribution in [3.8, 4) is 0 Å². The molecule has 3 heterocycles. The van der Waals surface area contributed by atoms with Crippen molar-refractivity contribution >= 4 is 29.2 Å². The molecule has 2 N–H and O–H groups in total. The van der Waals surface area contributed by atoms with Crippen LogP contribution < -0.4 is 10.6 Å². The maximum atomic E-state index is 13.0. The summed E-state index contributed by atoms with van der Waals surface area (Å²) in [6.07, 6.45) is -2.12. The number of carbonyl (C=O) groups excluding carboxylic acids is 2. The molecule has 1 aliphatic rings. The Labute approximate surface area is 197 Å². The molecule has 0 saturated carbocycles. The minimum absolute atomic E-state index is 0.0742. The second kappa shape index (κ2) is 9.76. The summed E-state index contributed by atoms with van der Waals surface area (Å²) < 4.78 is 43.5. The van der Waals surface area contributed by atoms with Gasteiger partial charge in [0.1, 0.15) is 11.9 Å². The zero-order valence-electron chi connectivity index (χ0n) is 17.7. The number of carbonyl (C=O) groups is 2. The molecule has 1 aliphatic heterocycles. The summed E-state index contributed by atoms with van der Waals surface area (Å²) in [5.41, 5.74) is 0.983. The molecule has 178 valence electrons. The summed E-state index contributed by atoms with van der Waals surface area (Å²) in [5.74, 6) is -0.534. The van der Waals surface area contributed by atoms with Gasteiger partial charge in [-0.1, -0.05) is 35.9 Å². The van der Waals surface area contributed by atoms with Gasteiger partial charge in [0.15, 0.2) is 5.76 Å². The first-order valence-corrected chi connectivity index (χ1v) is 10.8. The highest BCUT2D eigenvalue weighted by Crippen LogP contribution is 2.32. The topological polar surface area (TPSA) is 87.5 Å². The van der Waals surface area contributed by atoms with E-state index >= 15 is 0 Å². The van der Waals surface area contributed by atoms with Gasteiger partial charge in [0.05, 0.1) is 16.8 Å². The van der Waals surface area contributed by atoms with Crippen LogP contribution in [0.2, 0.25) is 5.02 Å². The fourth-order valence-electron chi connectivity index (χ4n) is 3.72. The molecule has 34 heavy (non-hydrogen) atoms. The first-order valence-electron chi connectivity index (χ1n) is 10.4. The summed E-state index contributed by atoms with van der Waals surface area (Å²) in [6, 6.07) is 10.8. The highest BCUT2D eigenvalue weighted by molar-refractivity contribution is 6.32. The van der Waals surface area contributed by atoms with Crippen molar-refractivity contribution in [3.63, 3.8) is 0 Å². The molecule has 3 aromatic rings. The van der Waals surface area contributed by atoms with Crippen molar-refractivity contribution in [2.24, 2.45) is 0 Å². The zero-order valence-corrected chi connectivity index (χ0v) is 18.5. The number of hydrogen-bond donors (Lipinski definition) is 2. The van der Waals surface area contributed by atoms with Gasteiger partial charge in [-0.25, -0.2) is 4.98 Å². The number of nitrogens with one attached hydrogen (secondary N) is 2. The van der Waals surface area contributed by atoms with Crippen LogP contribution in [0.3, 0.4) is 0 Å². The quantitative estimate of drug-likeness (QED) is 0.505. The molecule has 2 aromatic heterocycles. The molecule has 11 heteroatoms. The second-order valence-corrected chi connectivity index (χ2v) is 8.08. The van der Waals surface area contributed by atoms with E-state index in [0.717, 1.165) is 17.2 Å². The summed E-state index contributed by atoms with van der Waals surface area (Å²) in [5, 5.41) is 5.38. The molecule has 0 spiro atoms. The maximum Gasteiger partial charge on any atom is 0.417 e. The average molecular weight is 493 g/mol. The van der Waals surface area contributed by atoms with E-state index in [1.807, 2.05) is 24.3 Å². The first kappa shape index (κ1) is 23.6. The molecule has 0 fully saturated rings. The predicted molar refractivity (Wildman–Crippen MR) is 118 cm³/mol. The number of hydrogen-bond acceptors (Lipinski definition) is 5. The van der Waals surface area contributed by atoms with Crippen LogP contribution in [-0.4, -0.2) is 40.8 Å². The number of furan rings is 1. The van der Waals surface area contributed by atoms with Crippen LogP contribution in [-0.2, 0) is 23.9 Å². The van der Waals surface area contributed by atoms with Gasteiger partial charge >= 0.3 is 6.18 Å². The number of rotatable bonds is 6. The number of nitrogens with zero attached hydrogens (tertiary/aromatic N) is 2. The van der Waals surface area contributed by atoms with Crippen LogP contribution >= 0.6 is 11.6 Å². The van der Waals surface area contributed by atoms with Gasteiger partial charge in [-0.2, -0.15) is 13.2 Å². The molecule has 4 rings (SSSR count). The third-order valence-corrected chi connectivity index (χ3v) is 5.72. The molecule has 1 aromatic carbocycles. The fourth-order valence-corrected chi connectivity index (χ4v) is 3.95. The number of fused-ring (bicyclic) bond motifs is 1. The van der Waals surface area contributed by atoms with Crippen molar-refractivity contribution < 1.29 is 27.2 Å². The Balaban J connectivity index is 1.39. The molecule has 0 bridgehead atoms. The van der Waals surface area contributed by atoms with Crippen LogP contribution in [0.1, 0.15) is 27.2 Å². The number of anilines is 1. The predicted octanol–water partition coefficient (Wildman–Crippen LogP) is 4.14. The molecule has 2 amide bonds. The van der Waals surface area contributed by atoms with E-state index in [-0.39, 0.29) is 42.1 Å². The monoisotopic (exact) mass is 492 g/mol. The molecule has 0 aliphatic carbocycles. The molecule has 0 saturated heterocycles. The fraction of sp³-hybridized carbons (Fsp3) is 0.261. The molecule has 1 unspecified atom stereocenters.